The minimum atomic E-state index is -0.383. The summed E-state index contributed by atoms with van der Waals surface area (Å²) in [6.45, 7) is 3.75. The summed E-state index contributed by atoms with van der Waals surface area (Å²) in [6.07, 6.45) is 1.13. The van der Waals surface area contributed by atoms with Gasteiger partial charge in [0.2, 0.25) is 5.78 Å². The molecule has 0 aliphatic rings. The molecule has 8 heteroatoms. The quantitative estimate of drug-likeness (QED) is 0.396. The molecule has 2 aromatic carbocycles. The highest BCUT2D eigenvalue weighted by Gasteiger charge is 2.21. The highest BCUT2D eigenvalue weighted by molar-refractivity contribution is 6.12. The lowest BCUT2D eigenvalue weighted by atomic mass is 10.1. The van der Waals surface area contributed by atoms with Crippen molar-refractivity contribution in [3.8, 4) is 11.5 Å². The molecule has 0 radical (unpaired) electrons. The molecule has 26 heavy (non-hydrogen) atoms. The van der Waals surface area contributed by atoms with Crippen LogP contribution in [0.15, 0.2) is 42.7 Å². The molecule has 0 aliphatic heterocycles. The van der Waals surface area contributed by atoms with Crippen molar-refractivity contribution in [1.29, 1.82) is 0 Å². The van der Waals surface area contributed by atoms with Crippen LogP contribution >= 0.6 is 0 Å². The molecule has 0 aliphatic carbocycles. The highest BCUT2D eigenvalue weighted by Crippen LogP contribution is 2.36. The third kappa shape index (κ3) is 3.75. The Balaban J connectivity index is 2.12. The minimum absolute atomic E-state index is 0.0880. The maximum absolute atomic E-state index is 12.8. The number of carbonyl (C=O) groups excluding carboxylic acids is 1. The van der Waals surface area contributed by atoms with Gasteiger partial charge in [-0.05, 0) is 32.0 Å². The Labute approximate surface area is 150 Å². The molecule has 0 unspecified atom stereocenters. The van der Waals surface area contributed by atoms with E-state index in [2.05, 4.69) is 20.5 Å². The number of nitrogens with one attached hydrogen (secondary N) is 2. The Morgan fingerprint density at radius 3 is 2.77 bits per heavy atom. The van der Waals surface area contributed by atoms with Crippen LogP contribution in [0.25, 0.3) is 0 Å². The third-order valence-corrected chi connectivity index (χ3v) is 3.48. The number of nitrogens with two attached hydrogens (primary N) is 1. The Morgan fingerprint density at radius 1 is 1.31 bits per heavy atom. The second-order valence-electron chi connectivity index (χ2n) is 5.95. The number of nitrogen functional groups attached to an aromatic ring is 1. The van der Waals surface area contributed by atoms with Crippen molar-refractivity contribution >= 4 is 22.8 Å². The lowest BCUT2D eigenvalue weighted by Gasteiger charge is -2.19. The number of rotatable bonds is 6. The normalized spacial score (nSPS) is 10.7. The van der Waals surface area contributed by atoms with Crippen molar-refractivity contribution in [2.75, 3.05) is 11.1 Å². The minimum Gasteiger partial charge on any atom is -0.508 e. The van der Waals surface area contributed by atoms with Gasteiger partial charge in [0.05, 0.1) is 17.4 Å². The molecule has 1 heterocycles. The van der Waals surface area contributed by atoms with Crippen LogP contribution in [-0.2, 0) is 0 Å². The zero-order chi connectivity index (χ0) is 18.7. The molecule has 0 amide bonds. The fourth-order valence-corrected chi connectivity index (χ4v) is 2.46. The van der Waals surface area contributed by atoms with Gasteiger partial charge in [-0.1, -0.05) is 6.07 Å². The van der Waals surface area contributed by atoms with Gasteiger partial charge < -0.3 is 20.9 Å². The third-order valence-electron chi connectivity index (χ3n) is 3.48. The fourth-order valence-electron chi connectivity index (χ4n) is 2.46. The molecule has 0 saturated carbocycles. The molecular formula is C18H19N5O3. The van der Waals surface area contributed by atoms with Crippen LogP contribution in [0.1, 0.15) is 30.0 Å². The molecule has 3 rings (SSSR count). The maximum atomic E-state index is 12.8. The van der Waals surface area contributed by atoms with Crippen molar-refractivity contribution in [3.63, 3.8) is 0 Å². The van der Waals surface area contributed by atoms with Crippen LogP contribution in [-0.4, -0.2) is 32.2 Å². The Bertz CT molecular complexity index is 923. The second-order valence-corrected chi connectivity index (χ2v) is 5.95. The smallest absolute Gasteiger partial charge is 0.232 e. The van der Waals surface area contributed by atoms with E-state index >= 15 is 0 Å². The van der Waals surface area contributed by atoms with E-state index in [0.29, 0.717) is 22.8 Å². The van der Waals surface area contributed by atoms with Gasteiger partial charge in [0, 0.05) is 23.5 Å². The maximum Gasteiger partial charge on any atom is 0.232 e. The number of H-pyrrole nitrogens is 1. The number of nitrogens with zero attached hydrogens (tertiary/aromatic N) is 2. The molecule has 0 spiro atoms. The van der Waals surface area contributed by atoms with Crippen LogP contribution in [0.4, 0.5) is 17.1 Å². The number of ketones is 1. The number of aromatic amines is 1. The number of phenolic OH excluding ortho intramolecular Hbond substituents is 1. The SMILES string of the molecule is CC(C)Oc1cc(N)cc(C(=O)c2ncn[nH]2)c1Nc1cccc(O)c1. The first-order valence-corrected chi connectivity index (χ1v) is 8.00. The number of phenols is 1. The van der Waals surface area contributed by atoms with Gasteiger partial charge in [0.25, 0.3) is 0 Å². The van der Waals surface area contributed by atoms with E-state index in [1.54, 1.807) is 30.3 Å². The van der Waals surface area contributed by atoms with Crippen LogP contribution in [0.2, 0.25) is 0 Å². The second kappa shape index (κ2) is 7.14. The predicted molar refractivity (Wildman–Crippen MR) is 97.8 cm³/mol. The lowest BCUT2D eigenvalue weighted by molar-refractivity contribution is 0.103. The van der Waals surface area contributed by atoms with Crippen molar-refractivity contribution in [3.05, 3.63) is 54.1 Å². The monoisotopic (exact) mass is 353 g/mol. The first-order chi connectivity index (χ1) is 12.4. The summed E-state index contributed by atoms with van der Waals surface area (Å²) in [5, 5.41) is 19.1. The van der Waals surface area contributed by atoms with Gasteiger partial charge >= 0.3 is 0 Å². The molecule has 5 N–H and O–H groups in total. The van der Waals surface area contributed by atoms with Crippen LogP contribution in [0, 0.1) is 0 Å². The van der Waals surface area contributed by atoms with Gasteiger partial charge in [0.1, 0.15) is 17.8 Å². The number of ether oxygens (including phenoxy) is 1. The average molecular weight is 353 g/mol. The van der Waals surface area contributed by atoms with Gasteiger partial charge in [-0.2, -0.15) is 5.10 Å². The molecule has 0 bridgehead atoms. The predicted octanol–water partition coefficient (Wildman–Crippen LogP) is 2.85. The van der Waals surface area contributed by atoms with Crippen LogP contribution in [0.5, 0.6) is 11.5 Å². The van der Waals surface area contributed by atoms with Gasteiger partial charge in [0.15, 0.2) is 5.82 Å². The zero-order valence-electron chi connectivity index (χ0n) is 14.4. The number of aromatic nitrogens is 3. The molecule has 0 fully saturated rings. The lowest BCUT2D eigenvalue weighted by Crippen LogP contribution is -2.13. The first kappa shape index (κ1) is 17.3. The number of carbonyl (C=O) groups is 1. The standard InChI is InChI=1S/C18H19N5O3/c1-10(2)26-15-7-11(19)6-14(17(25)18-20-9-21-23-18)16(15)22-12-4-3-5-13(24)8-12/h3-10,22,24H,19H2,1-2H3,(H,20,21,23). The molecule has 1 aromatic heterocycles. The molecule has 3 aromatic rings. The van der Waals surface area contributed by atoms with Gasteiger partial charge in [-0.25, -0.2) is 4.98 Å². The Morgan fingerprint density at radius 2 is 2.12 bits per heavy atom. The highest BCUT2D eigenvalue weighted by atomic mass is 16.5. The summed E-state index contributed by atoms with van der Waals surface area (Å²) in [6, 6.07) is 9.73. The van der Waals surface area contributed by atoms with Gasteiger partial charge in [-0.3, -0.25) is 9.89 Å². The van der Waals surface area contributed by atoms with Crippen molar-refractivity contribution in [1.82, 2.24) is 15.2 Å². The summed E-state index contributed by atoms with van der Waals surface area (Å²) in [5.74, 6) is 0.224. The fraction of sp³-hybridized carbons (Fsp3) is 0.167. The van der Waals surface area contributed by atoms with Crippen LogP contribution in [0.3, 0.4) is 0 Å². The van der Waals surface area contributed by atoms with Crippen molar-refractivity contribution in [2.45, 2.75) is 20.0 Å². The van der Waals surface area contributed by atoms with Crippen LogP contribution < -0.4 is 15.8 Å². The molecule has 0 atom stereocenters. The van der Waals surface area contributed by atoms with E-state index in [-0.39, 0.29) is 29.0 Å². The summed E-state index contributed by atoms with van der Waals surface area (Å²) < 4.78 is 5.83. The van der Waals surface area contributed by atoms with E-state index in [1.165, 1.54) is 12.4 Å². The number of hydrogen-bond acceptors (Lipinski definition) is 7. The van der Waals surface area contributed by atoms with E-state index in [1.807, 2.05) is 13.8 Å². The molecule has 0 saturated heterocycles. The largest absolute Gasteiger partial charge is 0.508 e. The van der Waals surface area contributed by atoms with E-state index in [9.17, 15) is 9.90 Å². The summed E-state index contributed by atoms with van der Waals surface area (Å²) in [5.41, 5.74) is 7.65. The molecule has 134 valence electrons. The Hall–Kier alpha value is -3.55. The first-order valence-electron chi connectivity index (χ1n) is 8.00. The number of aromatic hydroxyl groups is 1. The topological polar surface area (TPSA) is 126 Å². The summed E-state index contributed by atoms with van der Waals surface area (Å²) >= 11 is 0. The number of hydrogen-bond donors (Lipinski definition) is 4. The summed E-state index contributed by atoms with van der Waals surface area (Å²) in [4.78, 5) is 16.8. The van der Waals surface area contributed by atoms with Gasteiger partial charge in [-0.15, -0.1) is 0 Å². The zero-order valence-corrected chi connectivity index (χ0v) is 14.4. The van der Waals surface area contributed by atoms with E-state index in [0.717, 1.165) is 0 Å². The number of benzene rings is 2. The molecule has 8 nitrogen and oxygen atoms in total. The van der Waals surface area contributed by atoms with E-state index in [4.69, 9.17) is 10.5 Å². The van der Waals surface area contributed by atoms with E-state index < -0.39 is 0 Å². The summed E-state index contributed by atoms with van der Waals surface area (Å²) in [7, 11) is 0. The van der Waals surface area contributed by atoms with Crippen molar-refractivity contribution < 1.29 is 14.6 Å². The Kier molecular flexibility index (Phi) is 4.74. The number of anilines is 3. The molecular weight excluding hydrogens is 334 g/mol. The van der Waals surface area contributed by atoms with Crippen molar-refractivity contribution in [2.24, 2.45) is 0 Å². The average Bonchev–Trinajstić information content (AvgIpc) is 3.10.